The number of aliphatic carboxylic acids is 1. The fraction of sp³-hybridized carbons (Fsp3) is 0.385. The van der Waals surface area contributed by atoms with Crippen molar-refractivity contribution in [1.29, 1.82) is 0 Å². The first-order chi connectivity index (χ1) is 9.44. The lowest BCUT2D eigenvalue weighted by Gasteiger charge is -2.15. The first-order valence-electron chi connectivity index (χ1n) is 5.81. The van der Waals surface area contributed by atoms with Crippen molar-refractivity contribution in [2.24, 2.45) is 0 Å². The van der Waals surface area contributed by atoms with Crippen LogP contribution in [0.2, 0.25) is 0 Å². The highest BCUT2D eigenvalue weighted by Crippen LogP contribution is 2.29. The fourth-order valence-electron chi connectivity index (χ4n) is 1.64. The van der Waals surface area contributed by atoms with Gasteiger partial charge in [0.2, 0.25) is 0 Å². The number of hydrogen-bond donors (Lipinski definition) is 3. The molecule has 1 amide bonds. The van der Waals surface area contributed by atoms with E-state index in [9.17, 15) is 9.59 Å². The second kappa shape index (κ2) is 6.76. The lowest BCUT2D eigenvalue weighted by atomic mass is 10.1. The second-order valence-corrected chi connectivity index (χ2v) is 4.05. The van der Waals surface area contributed by atoms with Crippen molar-refractivity contribution >= 4 is 11.9 Å². The van der Waals surface area contributed by atoms with Crippen molar-refractivity contribution in [3.05, 3.63) is 23.3 Å². The zero-order valence-electron chi connectivity index (χ0n) is 11.5. The number of nitrogens with one attached hydrogen (secondary N) is 1. The van der Waals surface area contributed by atoms with E-state index in [0.29, 0.717) is 11.5 Å². The van der Waals surface area contributed by atoms with Gasteiger partial charge < -0.3 is 25.0 Å². The number of ether oxygens (including phenoxy) is 2. The molecule has 0 bridgehead atoms. The van der Waals surface area contributed by atoms with Crippen LogP contribution in [0.1, 0.15) is 15.9 Å². The van der Waals surface area contributed by atoms with Gasteiger partial charge in [0.1, 0.15) is 11.5 Å². The Morgan fingerprint density at radius 2 is 1.75 bits per heavy atom. The third-order valence-corrected chi connectivity index (χ3v) is 2.80. The van der Waals surface area contributed by atoms with E-state index in [2.05, 4.69) is 5.32 Å². The van der Waals surface area contributed by atoms with E-state index >= 15 is 0 Å². The number of carbonyl (C=O) groups is 2. The van der Waals surface area contributed by atoms with E-state index in [1.165, 1.54) is 26.4 Å². The molecule has 1 aromatic carbocycles. The molecule has 20 heavy (non-hydrogen) atoms. The van der Waals surface area contributed by atoms with E-state index in [1.54, 1.807) is 6.92 Å². The summed E-state index contributed by atoms with van der Waals surface area (Å²) in [6, 6.07) is 1.59. The van der Waals surface area contributed by atoms with Gasteiger partial charge in [0.15, 0.2) is 6.04 Å². The standard InChI is InChI=1S/C13H17NO6/c1-7-10(19-2)4-8(5-11(7)20-3)12(16)14-9(6-15)13(17)18/h4-5,9,15H,6H2,1-3H3,(H,14,16)(H,17,18)/t9-/m1/s1. The Morgan fingerprint density at radius 3 is 2.10 bits per heavy atom. The molecule has 0 unspecified atom stereocenters. The van der Waals surface area contributed by atoms with Crippen LogP contribution in [-0.2, 0) is 4.79 Å². The molecule has 0 saturated carbocycles. The van der Waals surface area contributed by atoms with E-state index in [1.807, 2.05) is 0 Å². The Hall–Kier alpha value is -2.28. The third-order valence-electron chi connectivity index (χ3n) is 2.80. The maximum atomic E-state index is 12.0. The molecule has 1 rings (SSSR count). The molecule has 110 valence electrons. The zero-order chi connectivity index (χ0) is 15.3. The molecule has 0 saturated heterocycles. The van der Waals surface area contributed by atoms with Gasteiger partial charge in [-0.3, -0.25) is 4.79 Å². The number of carbonyl (C=O) groups excluding carboxylic acids is 1. The number of methoxy groups -OCH3 is 2. The molecule has 0 aliphatic rings. The fourth-order valence-corrected chi connectivity index (χ4v) is 1.64. The summed E-state index contributed by atoms with van der Waals surface area (Å²) in [5, 5.41) is 19.9. The predicted octanol–water partition coefficient (Wildman–Crippen LogP) is 0.188. The average molecular weight is 283 g/mol. The van der Waals surface area contributed by atoms with Crippen molar-refractivity contribution in [2.75, 3.05) is 20.8 Å². The molecule has 0 aliphatic heterocycles. The first kappa shape index (κ1) is 15.8. The summed E-state index contributed by atoms with van der Waals surface area (Å²) in [5.41, 5.74) is 0.910. The molecule has 3 N–H and O–H groups in total. The van der Waals surface area contributed by atoms with Gasteiger partial charge in [-0.15, -0.1) is 0 Å². The zero-order valence-corrected chi connectivity index (χ0v) is 11.5. The van der Waals surface area contributed by atoms with E-state index in [-0.39, 0.29) is 5.56 Å². The third kappa shape index (κ3) is 3.39. The second-order valence-electron chi connectivity index (χ2n) is 4.05. The molecular weight excluding hydrogens is 266 g/mol. The van der Waals surface area contributed by atoms with Crippen molar-refractivity contribution in [3.8, 4) is 11.5 Å². The summed E-state index contributed by atoms with van der Waals surface area (Å²) in [6.07, 6.45) is 0. The lowest BCUT2D eigenvalue weighted by Crippen LogP contribution is -2.43. The SMILES string of the molecule is COc1cc(C(=O)N[C@H](CO)C(=O)O)cc(OC)c1C. The summed E-state index contributed by atoms with van der Waals surface area (Å²) in [6.45, 7) is 1.08. The smallest absolute Gasteiger partial charge is 0.328 e. The molecule has 1 atom stereocenters. The van der Waals surface area contributed by atoms with Gasteiger partial charge in [0, 0.05) is 11.1 Å². The van der Waals surface area contributed by atoms with Crippen LogP contribution in [0.5, 0.6) is 11.5 Å². The Morgan fingerprint density at radius 1 is 1.25 bits per heavy atom. The van der Waals surface area contributed by atoms with Gasteiger partial charge in [0.05, 0.1) is 20.8 Å². The van der Waals surface area contributed by atoms with Gasteiger partial charge in [-0.25, -0.2) is 4.79 Å². The van der Waals surface area contributed by atoms with Crippen LogP contribution >= 0.6 is 0 Å². The van der Waals surface area contributed by atoms with E-state index in [4.69, 9.17) is 19.7 Å². The lowest BCUT2D eigenvalue weighted by molar-refractivity contribution is -0.140. The summed E-state index contributed by atoms with van der Waals surface area (Å²) < 4.78 is 10.3. The van der Waals surface area contributed by atoms with Crippen LogP contribution in [0, 0.1) is 6.92 Å². The molecule has 0 fully saturated rings. The number of benzene rings is 1. The molecule has 7 nitrogen and oxygen atoms in total. The average Bonchev–Trinajstić information content (AvgIpc) is 2.44. The molecule has 1 aromatic rings. The number of carboxylic acid groups (broad SMARTS) is 1. The van der Waals surface area contributed by atoms with Gasteiger partial charge in [0.25, 0.3) is 5.91 Å². The predicted molar refractivity (Wildman–Crippen MR) is 70.3 cm³/mol. The molecule has 7 heteroatoms. The molecule has 0 aliphatic carbocycles. The normalized spacial score (nSPS) is 11.6. The monoisotopic (exact) mass is 283 g/mol. The number of aliphatic hydroxyl groups excluding tert-OH is 1. The summed E-state index contributed by atoms with van der Waals surface area (Å²) in [4.78, 5) is 22.7. The molecule has 0 heterocycles. The maximum absolute atomic E-state index is 12.0. The van der Waals surface area contributed by atoms with Crippen LogP contribution in [-0.4, -0.2) is 49.0 Å². The highest BCUT2D eigenvalue weighted by Gasteiger charge is 2.21. The Bertz CT molecular complexity index is 489. The van der Waals surface area contributed by atoms with Crippen molar-refractivity contribution in [2.45, 2.75) is 13.0 Å². The van der Waals surface area contributed by atoms with E-state index in [0.717, 1.165) is 5.56 Å². The van der Waals surface area contributed by atoms with Gasteiger partial charge in [-0.05, 0) is 19.1 Å². The minimum atomic E-state index is -1.36. The number of carboxylic acids is 1. The summed E-state index contributed by atoms with van der Waals surface area (Å²) in [7, 11) is 2.91. The quantitative estimate of drug-likeness (QED) is 0.688. The Labute approximate surface area is 116 Å². The maximum Gasteiger partial charge on any atom is 0.328 e. The Kier molecular flexibility index (Phi) is 5.33. The van der Waals surface area contributed by atoms with Crippen molar-refractivity contribution in [3.63, 3.8) is 0 Å². The van der Waals surface area contributed by atoms with Crippen molar-refractivity contribution in [1.82, 2.24) is 5.32 Å². The van der Waals surface area contributed by atoms with Crippen LogP contribution in [0.25, 0.3) is 0 Å². The number of aliphatic hydroxyl groups is 1. The van der Waals surface area contributed by atoms with Gasteiger partial charge in [-0.1, -0.05) is 0 Å². The molecule has 0 radical (unpaired) electrons. The number of rotatable bonds is 6. The van der Waals surface area contributed by atoms with Crippen LogP contribution in [0.3, 0.4) is 0 Å². The molecule has 0 spiro atoms. The molecular formula is C13H17NO6. The van der Waals surface area contributed by atoms with Gasteiger partial charge in [-0.2, -0.15) is 0 Å². The van der Waals surface area contributed by atoms with Crippen LogP contribution in [0.15, 0.2) is 12.1 Å². The van der Waals surface area contributed by atoms with Crippen LogP contribution in [0.4, 0.5) is 0 Å². The van der Waals surface area contributed by atoms with Crippen LogP contribution < -0.4 is 14.8 Å². The topological polar surface area (TPSA) is 105 Å². The van der Waals surface area contributed by atoms with E-state index < -0.39 is 24.5 Å². The highest BCUT2D eigenvalue weighted by molar-refractivity contribution is 5.97. The molecule has 0 aromatic heterocycles. The summed E-state index contributed by atoms with van der Waals surface area (Å²) >= 11 is 0. The van der Waals surface area contributed by atoms with Crippen molar-refractivity contribution < 1.29 is 29.3 Å². The highest BCUT2D eigenvalue weighted by atomic mass is 16.5. The largest absolute Gasteiger partial charge is 0.496 e. The minimum absolute atomic E-state index is 0.184. The number of hydrogen-bond acceptors (Lipinski definition) is 5. The Balaban J connectivity index is 3.07. The summed E-state index contributed by atoms with van der Waals surface area (Å²) in [5.74, 6) is -1.05. The number of amides is 1. The first-order valence-corrected chi connectivity index (χ1v) is 5.81. The minimum Gasteiger partial charge on any atom is -0.496 e. The van der Waals surface area contributed by atoms with Gasteiger partial charge >= 0.3 is 5.97 Å².